The van der Waals surface area contributed by atoms with Crippen LogP contribution in [-0.4, -0.2) is 56.8 Å². The summed E-state index contributed by atoms with van der Waals surface area (Å²) in [5, 5.41) is 22.5. The first-order chi connectivity index (χ1) is 68.5. The van der Waals surface area contributed by atoms with Crippen LogP contribution in [-0.2, 0) is 0 Å². The maximum Gasteiger partial charge on any atom is 0.165 e. The Kier molecular flexibility index (Phi) is 16.1. The van der Waals surface area contributed by atoms with Gasteiger partial charge in [0, 0.05) is 97.5 Å². The van der Waals surface area contributed by atoms with E-state index in [1.807, 2.05) is 48.5 Å². The van der Waals surface area contributed by atoms with Crippen LogP contribution in [0.15, 0.2) is 449 Å². The second kappa shape index (κ2) is 29.4. The lowest BCUT2D eigenvalue weighted by atomic mass is 10.0. The molecule has 0 atom stereocenters. The summed E-state index contributed by atoms with van der Waals surface area (Å²) in [6, 6.07) is 160. The molecule has 0 amide bonds. The van der Waals surface area contributed by atoms with Gasteiger partial charge in [-0.15, -0.1) is 0 Å². The summed E-state index contributed by atoms with van der Waals surface area (Å²) in [5.41, 5.74) is 33.2. The third kappa shape index (κ3) is 10.9. The van der Waals surface area contributed by atoms with Crippen molar-refractivity contribution in [3.05, 3.63) is 449 Å². The minimum Gasteiger partial charge on any atom is -0.308 e. The van der Waals surface area contributed by atoms with Gasteiger partial charge in [0.15, 0.2) is 17.5 Å². The molecular formula is C126H74N12. The molecule has 12 nitrogen and oxygen atoms in total. The zero-order valence-electron chi connectivity index (χ0n) is 74.1. The Hall–Kier alpha value is -18.8. The number of hydrogen-bond donors (Lipinski definition) is 0. The topological polar surface area (TPSA) is 105 Å². The molecule has 12 heteroatoms. The van der Waals surface area contributed by atoms with E-state index in [-0.39, 0.29) is 0 Å². The van der Waals surface area contributed by atoms with Gasteiger partial charge in [0.05, 0.1) is 116 Å². The van der Waals surface area contributed by atoms with E-state index >= 15 is 0 Å². The molecule has 32 aromatic rings. The van der Waals surface area contributed by atoms with Crippen LogP contribution in [0, 0.1) is 0 Å². The molecule has 638 valence electrons. The lowest BCUT2D eigenvalue weighted by Gasteiger charge is -2.14. The molecule has 0 saturated heterocycles. The van der Waals surface area contributed by atoms with Crippen molar-refractivity contribution >= 4 is 213 Å². The molecular weight excluding hydrogens is 1680 g/mol. The third-order valence-electron chi connectivity index (χ3n) is 28.9. The van der Waals surface area contributed by atoms with Crippen molar-refractivity contribution in [2.75, 3.05) is 0 Å². The highest BCUT2D eigenvalue weighted by Crippen LogP contribution is 2.51. The quantitative estimate of drug-likeness (QED) is 0.150. The standard InChI is InChI=1S/2C44H26N4.C38H22N4/c1-3-12-27(13-4-1)29-24-25-34-35(26-29)45-42(28-14-5-2-6-15-28)44(46-34)48-37-21-10-17-31-33-19-9-18-32-30-16-7-8-20-36(30)47(43(32)33)38-22-11-23-39(48)41(38)40(31)37;1-3-12-27(13-4-1)29-24-25-34-35(26-29)46-44(42(45-34)28-14-5-2-6-15-28)48-37-21-10-17-31-33-19-9-18-32-30-16-7-8-20-36(30)47(43(32)33)38-22-11-23-39(48)41(38)40(31)37;1-2-11-23(12-3-1)36-38(40-29-18-6-5-17-28(29)39-36)42-31-20-9-14-25-27-16-8-15-26-24-13-4-7-19-30(24)41(37(26)27)32-21-10-22-33(42)35(32)34(25)31/h2*1-26H;1-22H. The average molecular weight is 1760 g/mol. The van der Waals surface area contributed by atoms with E-state index < -0.39 is 0 Å². The second-order valence-corrected chi connectivity index (χ2v) is 36.2. The minimum absolute atomic E-state index is 0.824. The fraction of sp³-hybridized carbons (Fsp3) is 0. The van der Waals surface area contributed by atoms with E-state index in [9.17, 15) is 0 Å². The number of hydrogen-bond acceptors (Lipinski definition) is 6. The van der Waals surface area contributed by atoms with Crippen molar-refractivity contribution in [3.63, 3.8) is 0 Å². The average Bonchev–Trinajstić information content (AvgIpc) is 1.53. The summed E-state index contributed by atoms with van der Waals surface area (Å²) in [4.78, 5) is 32.2. The van der Waals surface area contributed by atoms with Crippen molar-refractivity contribution in [1.82, 2.24) is 56.8 Å². The zero-order valence-corrected chi connectivity index (χ0v) is 74.1. The van der Waals surface area contributed by atoms with Gasteiger partial charge in [0.25, 0.3) is 0 Å². The SMILES string of the molecule is c1ccc(-c2ccc3nc(-c4ccccc4)c(-n4c5cccc6c7cccc8c9ccccc9n(c9cccc4c9c65)c78)nc3c2)cc1.c1ccc(-c2ccc3nc(-n4c5cccc6c7cccc8c9ccccc9n(c9cccc4c9c65)c78)c(-c4ccccc4)nc3c2)cc1.c1ccc(-c2nc3ccccc3nc2-n2c3cccc4c5cccc6c7ccccc7n(c7cccc2c7c43)c56)cc1. The fourth-order valence-electron chi connectivity index (χ4n) is 23.2. The summed E-state index contributed by atoms with van der Waals surface area (Å²) in [7, 11) is 0. The fourth-order valence-corrected chi connectivity index (χ4v) is 23.2. The van der Waals surface area contributed by atoms with E-state index in [0.717, 1.165) is 140 Å². The van der Waals surface area contributed by atoms with E-state index in [1.165, 1.54) is 147 Å². The molecule has 32 rings (SSSR count). The van der Waals surface area contributed by atoms with Crippen molar-refractivity contribution in [3.8, 4) is 73.5 Å². The van der Waals surface area contributed by atoms with Crippen molar-refractivity contribution < 1.29 is 0 Å². The second-order valence-electron chi connectivity index (χ2n) is 36.2. The van der Waals surface area contributed by atoms with E-state index in [0.29, 0.717) is 0 Å². The lowest BCUT2D eigenvalue weighted by molar-refractivity contribution is 1.08. The first-order valence-electron chi connectivity index (χ1n) is 47.0. The van der Waals surface area contributed by atoms with Crippen molar-refractivity contribution in [1.29, 1.82) is 0 Å². The molecule has 0 aliphatic carbocycles. The van der Waals surface area contributed by atoms with Crippen LogP contribution < -0.4 is 0 Å². The van der Waals surface area contributed by atoms with Gasteiger partial charge < -0.3 is 13.2 Å². The van der Waals surface area contributed by atoms with Crippen LogP contribution in [0.5, 0.6) is 0 Å². The predicted molar refractivity (Wildman–Crippen MR) is 573 cm³/mol. The molecule has 0 saturated carbocycles. The maximum absolute atomic E-state index is 5.50. The number of nitrogens with zero attached hydrogens (tertiary/aromatic N) is 12. The molecule has 12 heterocycles. The van der Waals surface area contributed by atoms with Crippen LogP contribution in [0.2, 0.25) is 0 Å². The maximum atomic E-state index is 5.50. The van der Waals surface area contributed by atoms with Crippen LogP contribution in [0.25, 0.3) is 286 Å². The Labute approximate surface area is 786 Å². The summed E-state index contributed by atoms with van der Waals surface area (Å²) < 4.78 is 14.4. The van der Waals surface area contributed by atoms with E-state index in [2.05, 4.69) is 427 Å². The van der Waals surface area contributed by atoms with Gasteiger partial charge in [-0.1, -0.05) is 340 Å². The number of aromatic nitrogens is 12. The lowest BCUT2D eigenvalue weighted by Crippen LogP contribution is -2.04. The Morgan fingerprint density at radius 3 is 0.696 bits per heavy atom. The number of benzene rings is 20. The molecule has 0 N–H and O–H groups in total. The molecule has 12 aromatic heterocycles. The highest BCUT2D eigenvalue weighted by Gasteiger charge is 2.31. The molecule has 0 radical (unpaired) electrons. The molecule has 0 aliphatic heterocycles. The van der Waals surface area contributed by atoms with Gasteiger partial charge >= 0.3 is 0 Å². The molecule has 0 bridgehead atoms. The number of fused-ring (bicyclic) bond motifs is 18. The van der Waals surface area contributed by atoms with E-state index in [4.69, 9.17) is 29.9 Å². The molecule has 138 heavy (non-hydrogen) atoms. The number of rotatable bonds is 8. The minimum atomic E-state index is 0.824. The smallest absolute Gasteiger partial charge is 0.165 e. The van der Waals surface area contributed by atoms with Gasteiger partial charge in [-0.25, -0.2) is 29.9 Å². The zero-order chi connectivity index (χ0) is 90.1. The van der Waals surface area contributed by atoms with Crippen LogP contribution in [0.1, 0.15) is 0 Å². The van der Waals surface area contributed by atoms with Crippen LogP contribution in [0.3, 0.4) is 0 Å². The first kappa shape index (κ1) is 75.8. The molecule has 20 aromatic carbocycles. The van der Waals surface area contributed by atoms with E-state index in [1.54, 1.807) is 0 Å². The Balaban J connectivity index is 0.0000000981. The van der Waals surface area contributed by atoms with Crippen molar-refractivity contribution in [2.45, 2.75) is 0 Å². The molecule has 0 fully saturated rings. The Morgan fingerprint density at radius 2 is 0.348 bits per heavy atom. The van der Waals surface area contributed by atoms with Gasteiger partial charge in [-0.2, -0.15) is 0 Å². The normalized spacial score (nSPS) is 12.2. The van der Waals surface area contributed by atoms with Crippen molar-refractivity contribution in [2.24, 2.45) is 0 Å². The highest BCUT2D eigenvalue weighted by molar-refractivity contribution is 6.35. The van der Waals surface area contributed by atoms with Gasteiger partial charge in [-0.05, 0) is 148 Å². The Bertz CT molecular complexity index is 10700. The Morgan fingerprint density at radius 1 is 0.130 bits per heavy atom. The first-order valence-corrected chi connectivity index (χ1v) is 47.0. The predicted octanol–water partition coefficient (Wildman–Crippen LogP) is 32.0. The molecule has 0 unspecified atom stereocenters. The highest BCUT2D eigenvalue weighted by atomic mass is 15.1. The molecule has 0 aliphatic rings. The molecule has 0 spiro atoms. The van der Waals surface area contributed by atoms with Gasteiger partial charge in [-0.3, -0.25) is 13.7 Å². The summed E-state index contributed by atoms with van der Waals surface area (Å²) in [6.45, 7) is 0. The monoisotopic (exact) mass is 1750 g/mol. The van der Waals surface area contributed by atoms with Gasteiger partial charge in [0.2, 0.25) is 0 Å². The summed E-state index contributed by atoms with van der Waals surface area (Å²) in [6.07, 6.45) is 0. The van der Waals surface area contributed by atoms with Crippen LogP contribution >= 0.6 is 0 Å². The van der Waals surface area contributed by atoms with Gasteiger partial charge in [0.1, 0.15) is 17.1 Å². The third-order valence-corrected chi connectivity index (χ3v) is 28.9. The largest absolute Gasteiger partial charge is 0.308 e. The summed E-state index contributed by atoms with van der Waals surface area (Å²) >= 11 is 0. The van der Waals surface area contributed by atoms with Crippen LogP contribution in [0.4, 0.5) is 0 Å². The summed E-state index contributed by atoms with van der Waals surface area (Å²) in [5.74, 6) is 2.49. The number of para-hydroxylation sites is 8.